The molecule has 4 aromatic rings. The molecule has 0 bridgehead atoms. The average Bonchev–Trinajstić information content (AvgIpc) is 3.25. The van der Waals surface area contributed by atoms with E-state index in [1.165, 1.54) is 10.2 Å². The molecule has 1 saturated heterocycles. The standard InChI is InChI=1S/C28H31N5O2/c1-19-26-25(20(2)32(30-26)24-12-8-5-9-13-24)28(35)33(29-19)21(3)27(34)31-16-14-23(15-17-31)18-22-10-6-4-7-11-22/h4-13,21,23H,14-18H2,1-3H3/t21-/m1/s1. The Morgan fingerprint density at radius 3 is 2.26 bits per heavy atom. The zero-order valence-electron chi connectivity index (χ0n) is 20.5. The number of hydrogen-bond acceptors (Lipinski definition) is 4. The second-order valence-corrected chi connectivity index (χ2v) is 9.53. The van der Waals surface area contributed by atoms with Crippen molar-refractivity contribution in [1.29, 1.82) is 0 Å². The molecule has 2 aromatic heterocycles. The molecule has 7 heteroatoms. The van der Waals surface area contributed by atoms with Gasteiger partial charge in [-0.3, -0.25) is 9.59 Å². The van der Waals surface area contributed by atoms with Gasteiger partial charge in [0.1, 0.15) is 11.6 Å². The first kappa shape index (κ1) is 23.0. The molecular formula is C28H31N5O2. The van der Waals surface area contributed by atoms with Crippen molar-refractivity contribution in [2.45, 2.75) is 46.1 Å². The molecule has 7 nitrogen and oxygen atoms in total. The zero-order valence-corrected chi connectivity index (χ0v) is 20.5. The number of aryl methyl sites for hydroxylation is 2. The quantitative estimate of drug-likeness (QED) is 0.438. The van der Waals surface area contributed by atoms with Gasteiger partial charge in [0.25, 0.3) is 5.56 Å². The summed E-state index contributed by atoms with van der Waals surface area (Å²) in [5.74, 6) is 0.521. The number of likely N-dealkylation sites (tertiary alicyclic amines) is 1. The number of benzene rings is 2. The third-order valence-electron chi connectivity index (χ3n) is 7.16. The molecule has 1 fully saturated rings. The van der Waals surface area contributed by atoms with E-state index in [0.717, 1.165) is 30.6 Å². The minimum absolute atomic E-state index is 0.0513. The number of hydrogen-bond donors (Lipinski definition) is 0. The topological polar surface area (TPSA) is 73.0 Å². The van der Waals surface area contributed by atoms with E-state index in [1.807, 2.05) is 55.1 Å². The predicted octanol–water partition coefficient (Wildman–Crippen LogP) is 4.24. The highest BCUT2D eigenvalue weighted by Crippen LogP contribution is 2.24. The van der Waals surface area contributed by atoms with E-state index in [1.54, 1.807) is 11.6 Å². The van der Waals surface area contributed by atoms with Gasteiger partial charge in [-0.15, -0.1) is 0 Å². The van der Waals surface area contributed by atoms with E-state index in [4.69, 9.17) is 0 Å². The van der Waals surface area contributed by atoms with Gasteiger partial charge in [-0.25, -0.2) is 9.36 Å². The van der Waals surface area contributed by atoms with E-state index in [-0.39, 0.29) is 11.5 Å². The number of carbonyl (C=O) groups is 1. The van der Waals surface area contributed by atoms with Crippen LogP contribution in [0, 0.1) is 19.8 Å². The maximum Gasteiger partial charge on any atom is 0.278 e. The molecule has 0 N–H and O–H groups in total. The van der Waals surface area contributed by atoms with Gasteiger partial charge >= 0.3 is 0 Å². The Labute approximate surface area is 205 Å². The molecule has 2 aromatic carbocycles. The molecule has 0 unspecified atom stereocenters. The maximum atomic E-state index is 13.5. The fourth-order valence-corrected chi connectivity index (χ4v) is 5.14. The summed E-state index contributed by atoms with van der Waals surface area (Å²) < 4.78 is 3.12. The van der Waals surface area contributed by atoms with Crippen LogP contribution in [0.3, 0.4) is 0 Å². The lowest BCUT2D eigenvalue weighted by Gasteiger charge is -2.33. The van der Waals surface area contributed by atoms with E-state index in [0.29, 0.717) is 35.6 Å². The maximum absolute atomic E-state index is 13.5. The van der Waals surface area contributed by atoms with Crippen molar-refractivity contribution in [3.63, 3.8) is 0 Å². The fourth-order valence-electron chi connectivity index (χ4n) is 5.14. The van der Waals surface area contributed by atoms with Crippen molar-refractivity contribution >= 4 is 16.8 Å². The van der Waals surface area contributed by atoms with E-state index in [2.05, 4.69) is 34.5 Å². The van der Waals surface area contributed by atoms with Crippen LogP contribution in [0.4, 0.5) is 0 Å². The average molecular weight is 470 g/mol. The van der Waals surface area contributed by atoms with E-state index in [9.17, 15) is 9.59 Å². The lowest BCUT2D eigenvalue weighted by atomic mass is 9.90. The largest absolute Gasteiger partial charge is 0.341 e. The Balaban J connectivity index is 1.36. The zero-order chi connectivity index (χ0) is 24.5. The van der Waals surface area contributed by atoms with Crippen molar-refractivity contribution in [2.24, 2.45) is 5.92 Å². The van der Waals surface area contributed by atoms with Gasteiger partial charge in [-0.1, -0.05) is 48.5 Å². The smallest absolute Gasteiger partial charge is 0.278 e. The monoisotopic (exact) mass is 469 g/mol. The Morgan fingerprint density at radius 1 is 0.971 bits per heavy atom. The molecule has 0 spiro atoms. The first-order chi connectivity index (χ1) is 16.9. The number of nitrogens with zero attached hydrogens (tertiary/aromatic N) is 5. The predicted molar refractivity (Wildman–Crippen MR) is 137 cm³/mol. The number of rotatable bonds is 5. The van der Waals surface area contributed by atoms with Gasteiger partial charge in [0.2, 0.25) is 5.91 Å². The second kappa shape index (κ2) is 9.49. The first-order valence-electron chi connectivity index (χ1n) is 12.3. The van der Waals surface area contributed by atoms with Gasteiger partial charge in [-0.05, 0) is 63.6 Å². The molecule has 0 saturated carbocycles. The summed E-state index contributed by atoms with van der Waals surface area (Å²) >= 11 is 0. The summed E-state index contributed by atoms with van der Waals surface area (Å²) in [5.41, 5.74) is 3.92. The third kappa shape index (κ3) is 4.38. The summed E-state index contributed by atoms with van der Waals surface area (Å²) in [6.07, 6.45) is 2.98. The SMILES string of the molecule is Cc1nn([C@H](C)C(=O)N2CCC(Cc3ccccc3)CC2)c(=O)c2c(C)n(-c3ccccc3)nc12. The van der Waals surface area contributed by atoms with Crippen molar-refractivity contribution in [3.8, 4) is 5.69 Å². The Morgan fingerprint density at radius 2 is 1.60 bits per heavy atom. The van der Waals surface area contributed by atoms with Crippen LogP contribution < -0.4 is 5.56 Å². The lowest BCUT2D eigenvalue weighted by molar-refractivity contribution is -0.136. The molecule has 5 rings (SSSR count). The molecular weight excluding hydrogens is 438 g/mol. The van der Waals surface area contributed by atoms with Gasteiger partial charge < -0.3 is 4.90 Å². The molecule has 180 valence electrons. The summed E-state index contributed by atoms with van der Waals surface area (Å²) in [6.45, 7) is 6.92. The minimum Gasteiger partial charge on any atom is -0.341 e. The highest BCUT2D eigenvalue weighted by Gasteiger charge is 2.29. The summed E-state index contributed by atoms with van der Waals surface area (Å²) in [7, 11) is 0. The van der Waals surface area contributed by atoms with Crippen LogP contribution in [0.5, 0.6) is 0 Å². The molecule has 3 heterocycles. The summed E-state index contributed by atoms with van der Waals surface area (Å²) in [6, 6.07) is 19.6. The van der Waals surface area contributed by atoms with Crippen molar-refractivity contribution in [1.82, 2.24) is 24.5 Å². The number of piperidine rings is 1. The van der Waals surface area contributed by atoms with Crippen LogP contribution in [0.2, 0.25) is 0 Å². The van der Waals surface area contributed by atoms with Gasteiger partial charge in [-0.2, -0.15) is 10.2 Å². The number of aromatic nitrogens is 4. The van der Waals surface area contributed by atoms with Crippen LogP contribution in [-0.4, -0.2) is 43.5 Å². The van der Waals surface area contributed by atoms with Crippen molar-refractivity contribution in [2.75, 3.05) is 13.1 Å². The number of fused-ring (bicyclic) bond motifs is 1. The normalized spacial score (nSPS) is 15.5. The summed E-state index contributed by atoms with van der Waals surface area (Å²) in [5, 5.41) is 9.70. The third-order valence-corrected chi connectivity index (χ3v) is 7.16. The van der Waals surface area contributed by atoms with Crippen molar-refractivity contribution < 1.29 is 4.79 Å². The Kier molecular flexibility index (Phi) is 6.24. The van der Waals surface area contributed by atoms with E-state index < -0.39 is 6.04 Å². The van der Waals surface area contributed by atoms with Crippen LogP contribution in [0.25, 0.3) is 16.6 Å². The van der Waals surface area contributed by atoms with E-state index >= 15 is 0 Å². The Bertz CT molecular complexity index is 1400. The molecule has 0 aliphatic carbocycles. The molecule has 1 amide bonds. The fraction of sp³-hybridized carbons (Fsp3) is 0.357. The number of para-hydroxylation sites is 1. The van der Waals surface area contributed by atoms with Crippen LogP contribution in [0.1, 0.15) is 42.8 Å². The van der Waals surface area contributed by atoms with Crippen LogP contribution in [0.15, 0.2) is 65.5 Å². The van der Waals surface area contributed by atoms with Crippen molar-refractivity contribution in [3.05, 3.63) is 88.0 Å². The van der Waals surface area contributed by atoms with Gasteiger partial charge in [0.05, 0.1) is 22.5 Å². The highest BCUT2D eigenvalue weighted by molar-refractivity contribution is 5.84. The van der Waals surface area contributed by atoms with Gasteiger partial charge in [0, 0.05) is 13.1 Å². The molecule has 35 heavy (non-hydrogen) atoms. The van der Waals surface area contributed by atoms with Crippen LogP contribution >= 0.6 is 0 Å². The lowest BCUT2D eigenvalue weighted by Crippen LogP contribution is -2.44. The Hall–Kier alpha value is -3.74. The molecule has 1 atom stereocenters. The number of carbonyl (C=O) groups excluding carboxylic acids is 1. The van der Waals surface area contributed by atoms with Gasteiger partial charge in [0.15, 0.2) is 0 Å². The second-order valence-electron chi connectivity index (χ2n) is 9.53. The molecule has 0 radical (unpaired) electrons. The minimum atomic E-state index is -0.671. The summed E-state index contributed by atoms with van der Waals surface area (Å²) in [4.78, 5) is 28.8. The highest BCUT2D eigenvalue weighted by atomic mass is 16.2. The molecule has 1 aliphatic heterocycles. The number of amides is 1. The van der Waals surface area contributed by atoms with Crippen LogP contribution in [-0.2, 0) is 11.2 Å². The first-order valence-corrected chi connectivity index (χ1v) is 12.3. The molecule has 1 aliphatic rings.